The van der Waals surface area contributed by atoms with Gasteiger partial charge in [-0.25, -0.2) is 8.42 Å². The summed E-state index contributed by atoms with van der Waals surface area (Å²) in [5, 5.41) is 17.2. The van der Waals surface area contributed by atoms with Gasteiger partial charge in [-0.15, -0.1) is 5.11 Å². The van der Waals surface area contributed by atoms with Gasteiger partial charge in [-0.2, -0.15) is 21.9 Å². The number of fused-ring (bicyclic) bond motifs is 1. The second-order valence-electron chi connectivity index (χ2n) is 6.28. The van der Waals surface area contributed by atoms with E-state index in [1.165, 1.54) is 0 Å². The van der Waals surface area contributed by atoms with Crippen LogP contribution in [0.4, 0.5) is 17.1 Å². The van der Waals surface area contributed by atoms with Crippen LogP contribution in [0.15, 0.2) is 67.4 Å². The average Bonchev–Trinajstić information content (AvgIpc) is 2.64. The van der Waals surface area contributed by atoms with Gasteiger partial charge >= 0.3 is 29.6 Å². The Morgan fingerprint density at radius 2 is 1.36 bits per heavy atom. The quantitative estimate of drug-likeness (QED) is 0.136. The van der Waals surface area contributed by atoms with Crippen LogP contribution in [0.25, 0.3) is 10.8 Å². The van der Waals surface area contributed by atoms with Crippen molar-refractivity contribution in [1.82, 2.24) is 0 Å². The Morgan fingerprint density at radius 1 is 0.818 bits per heavy atom. The molecule has 3 aromatic carbocycles. The van der Waals surface area contributed by atoms with Crippen LogP contribution in [-0.2, 0) is 30.4 Å². The number of nitrogens with two attached hydrogens (primary N) is 1. The van der Waals surface area contributed by atoms with Crippen molar-refractivity contribution in [2.75, 3.05) is 5.73 Å². The van der Waals surface area contributed by atoms with Crippen molar-refractivity contribution >= 4 is 58.2 Å². The van der Waals surface area contributed by atoms with E-state index in [9.17, 15) is 39.5 Å². The third-order valence-electron chi connectivity index (χ3n) is 4.12. The van der Waals surface area contributed by atoms with Gasteiger partial charge in [0.05, 0.1) is 20.4 Å². The molecule has 0 aliphatic heterocycles. The number of azo groups is 1. The normalized spacial score (nSPS) is 12.7. The molecule has 0 fully saturated rings. The Hall–Kier alpha value is -2.15. The molecule has 0 aromatic heterocycles. The molecule has 0 heterocycles. The van der Waals surface area contributed by atoms with Crippen LogP contribution in [0.2, 0.25) is 0 Å². The van der Waals surface area contributed by atoms with Crippen LogP contribution < -0.4 is 35.3 Å². The maximum atomic E-state index is 11.7. The summed E-state index contributed by atoms with van der Waals surface area (Å²) < 4.78 is 98.2. The molecule has 0 amide bonds. The molecule has 0 aliphatic carbocycles. The zero-order valence-electron chi connectivity index (χ0n) is 16.4. The van der Waals surface area contributed by atoms with Gasteiger partial charge in [0.15, 0.2) is 5.75 Å². The summed E-state index contributed by atoms with van der Waals surface area (Å²) in [7, 11) is -14.5. The molecule has 0 atom stereocenters. The molecule has 13 nitrogen and oxygen atoms in total. The maximum Gasteiger partial charge on any atom is 1.00 e. The van der Waals surface area contributed by atoms with Gasteiger partial charge in [-0.3, -0.25) is 9.11 Å². The molecule has 0 bridgehead atoms. The predicted octanol–water partition coefficient (Wildman–Crippen LogP) is -1.06. The first-order valence-corrected chi connectivity index (χ1v) is 12.4. The number of hydrogen-bond donors (Lipinski definition) is 4. The first-order valence-electron chi connectivity index (χ1n) is 8.11. The molecule has 0 unspecified atom stereocenters. The van der Waals surface area contributed by atoms with Crippen LogP contribution in [0.5, 0.6) is 5.75 Å². The van der Waals surface area contributed by atoms with Crippen molar-refractivity contribution in [2.45, 2.75) is 14.7 Å². The maximum absolute atomic E-state index is 11.7. The Labute approximate surface area is 209 Å². The summed E-state index contributed by atoms with van der Waals surface area (Å²) in [6, 6.07) is 6.46. The Balaban J connectivity index is 0.00000385. The Kier molecular flexibility index (Phi) is 7.59. The van der Waals surface area contributed by atoms with E-state index >= 15 is 0 Å². The first-order chi connectivity index (χ1) is 14.6. The number of rotatable bonds is 5. The van der Waals surface area contributed by atoms with E-state index in [-0.39, 0.29) is 51.7 Å². The minimum absolute atomic E-state index is 0. The van der Waals surface area contributed by atoms with Crippen LogP contribution >= 0.6 is 0 Å². The summed E-state index contributed by atoms with van der Waals surface area (Å²) in [6.45, 7) is 0. The van der Waals surface area contributed by atoms with Crippen molar-refractivity contribution in [1.29, 1.82) is 0 Å². The number of nitrogens with zero attached hydrogens (tertiary/aromatic N) is 2. The van der Waals surface area contributed by atoms with Gasteiger partial charge < -0.3 is 15.4 Å². The van der Waals surface area contributed by atoms with Gasteiger partial charge in [0.1, 0.15) is 15.8 Å². The standard InChI is InChI=1S/C16H13N3O10S3.Na/c17-12-7-11(31(24,25)26)5-8-6-13(32(27,28)29)15(16(20)14(8)12)19-18-9-1-3-10(4-2-9)30(21,22)23;/h1-7,20H,17H2,(H,21,22,23)(H,24,25,26)(H,27,28,29);/q;+1/p-1. The zero-order chi connectivity index (χ0) is 24.1. The minimum Gasteiger partial charge on any atom is -0.744 e. The van der Waals surface area contributed by atoms with E-state index in [0.29, 0.717) is 6.07 Å². The molecule has 3 aromatic rings. The molecule has 17 heteroatoms. The molecule has 0 aliphatic rings. The first kappa shape index (κ1) is 27.1. The smallest absolute Gasteiger partial charge is 0.744 e. The summed E-state index contributed by atoms with van der Waals surface area (Å²) in [5.74, 6) is -0.908. The van der Waals surface area contributed by atoms with E-state index in [2.05, 4.69) is 10.2 Å². The summed E-state index contributed by atoms with van der Waals surface area (Å²) >= 11 is 0. The van der Waals surface area contributed by atoms with Crippen molar-refractivity contribution in [3.8, 4) is 5.75 Å². The van der Waals surface area contributed by atoms with Crippen LogP contribution in [0, 0.1) is 0 Å². The zero-order valence-corrected chi connectivity index (χ0v) is 20.9. The van der Waals surface area contributed by atoms with Gasteiger partial charge in [0.25, 0.3) is 20.2 Å². The molecule has 5 N–H and O–H groups in total. The van der Waals surface area contributed by atoms with Crippen LogP contribution in [0.1, 0.15) is 0 Å². The molecule has 3 rings (SSSR count). The van der Waals surface area contributed by atoms with Gasteiger partial charge in [0.2, 0.25) is 0 Å². The van der Waals surface area contributed by atoms with E-state index in [4.69, 9.17) is 10.3 Å². The fourth-order valence-electron chi connectivity index (χ4n) is 2.72. The molecule has 0 radical (unpaired) electrons. The number of benzene rings is 3. The number of hydrogen-bond acceptors (Lipinski definition) is 11. The Morgan fingerprint density at radius 3 is 1.85 bits per heavy atom. The second kappa shape index (κ2) is 9.24. The number of anilines is 1. The number of nitrogen functional groups attached to an aromatic ring is 1. The molecule has 0 saturated carbocycles. The number of phenols is 1. The average molecular weight is 525 g/mol. The van der Waals surface area contributed by atoms with Crippen LogP contribution in [0.3, 0.4) is 0 Å². The fraction of sp³-hybridized carbons (Fsp3) is 0. The molecular weight excluding hydrogens is 513 g/mol. The fourth-order valence-corrected chi connectivity index (χ4v) is 4.40. The SMILES string of the molecule is Nc1cc(S(=O)(=O)O)cc2cc(S(=O)(=O)[O-])c(N=Nc3ccc(S(=O)(=O)O)cc3)c(O)c12.[Na+]. The molecular formula is C16H12N3NaO10S3. The van der Waals surface area contributed by atoms with Gasteiger partial charge in [-0.05, 0) is 47.9 Å². The number of aromatic hydroxyl groups is 1. The number of phenolic OH excluding ortho intramolecular Hbond substituents is 1. The molecule has 33 heavy (non-hydrogen) atoms. The van der Waals surface area contributed by atoms with E-state index in [0.717, 1.165) is 36.4 Å². The van der Waals surface area contributed by atoms with E-state index < -0.39 is 56.5 Å². The van der Waals surface area contributed by atoms with Crippen molar-refractivity contribution < 1.29 is 73.6 Å². The summed E-state index contributed by atoms with van der Waals surface area (Å²) in [6.07, 6.45) is 0. The van der Waals surface area contributed by atoms with Crippen molar-refractivity contribution in [2.24, 2.45) is 10.2 Å². The third kappa shape index (κ3) is 5.86. The molecule has 0 spiro atoms. The largest absolute Gasteiger partial charge is 1.00 e. The van der Waals surface area contributed by atoms with Gasteiger partial charge in [0, 0.05) is 11.1 Å². The van der Waals surface area contributed by atoms with Crippen molar-refractivity contribution in [3.05, 3.63) is 42.5 Å². The molecule has 0 saturated heterocycles. The van der Waals surface area contributed by atoms with Crippen LogP contribution in [-0.4, -0.2) is 44.0 Å². The Bertz CT molecular complexity index is 1600. The monoisotopic (exact) mass is 525 g/mol. The minimum atomic E-state index is -5.27. The predicted molar refractivity (Wildman–Crippen MR) is 108 cm³/mol. The summed E-state index contributed by atoms with van der Waals surface area (Å²) in [5.41, 5.74) is 4.50. The summed E-state index contributed by atoms with van der Waals surface area (Å²) in [4.78, 5) is -2.22. The van der Waals surface area contributed by atoms with E-state index in [1.807, 2.05) is 0 Å². The van der Waals surface area contributed by atoms with E-state index in [1.54, 1.807) is 0 Å². The third-order valence-corrected chi connectivity index (χ3v) is 6.67. The van der Waals surface area contributed by atoms with Crippen molar-refractivity contribution in [3.63, 3.8) is 0 Å². The van der Waals surface area contributed by atoms with Gasteiger partial charge in [-0.1, -0.05) is 0 Å². The topological polar surface area (TPSA) is 237 Å². The molecule has 170 valence electrons. The second-order valence-corrected chi connectivity index (χ2v) is 10.5.